The summed E-state index contributed by atoms with van der Waals surface area (Å²) in [4.78, 5) is 26.8. The smallest absolute Gasteiger partial charge is 0.250 e. The quantitative estimate of drug-likeness (QED) is 0.663. The van der Waals surface area contributed by atoms with Crippen molar-refractivity contribution in [3.8, 4) is 11.6 Å². The van der Waals surface area contributed by atoms with E-state index in [0.29, 0.717) is 28.4 Å². The number of hydrogen-bond acceptors (Lipinski definition) is 6. The van der Waals surface area contributed by atoms with Gasteiger partial charge in [0.15, 0.2) is 11.2 Å². The molecule has 0 aliphatic rings. The number of benzene rings is 1. The van der Waals surface area contributed by atoms with Gasteiger partial charge in [-0.2, -0.15) is 4.98 Å². The van der Waals surface area contributed by atoms with Crippen LogP contribution in [0.25, 0.3) is 11.2 Å². The Kier molecular flexibility index (Phi) is 2.82. The first-order valence-electron chi connectivity index (χ1n) is 5.51. The largest absolute Gasteiger partial charge is 0.437 e. The van der Waals surface area contributed by atoms with E-state index in [1.165, 1.54) is 6.33 Å². The van der Waals surface area contributed by atoms with Gasteiger partial charge in [-0.1, -0.05) is 0 Å². The van der Waals surface area contributed by atoms with E-state index >= 15 is 0 Å². The molecule has 0 saturated heterocycles. The van der Waals surface area contributed by atoms with E-state index in [-0.39, 0.29) is 0 Å². The lowest BCUT2D eigenvalue weighted by Crippen LogP contribution is -1.94. The first-order valence-corrected chi connectivity index (χ1v) is 5.51. The molecule has 0 spiro atoms. The molecule has 0 amide bonds. The third-order valence-electron chi connectivity index (χ3n) is 2.47. The predicted molar refractivity (Wildman–Crippen MR) is 67.0 cm³/mol. The van der Waals surface area contributed by atoms with Crippen LogP contribution in [0.1, 0.15) is 10.4 Å². The first kappa shape index (κ1) is 11.2. The Hall–Kier alpha value is -2.89. The Labute approximate surface area is 108 Å². The topological polar surface area (TPSA) is 77.9 Å². The van der Waals surface area contributed by atoms with Crippen LogP contribution in [0.3, 0.4) is 0 Å². The molecule has 0 bridgehead atoms. The number of carbonyl (C=O) groups excluding carboxylic acids is 1. The molecule has 1 aromatic carbocycles. The monoisotopic (exact) mass is 252 g/mol. The van der Waals surface area contributed by atoms with Crippen LogP contribution in [0.15, 0.2) is 43.0 Å². The summed E-state index contributed by atoms with van der Waals surface area (Å²) >= 11 is 0. The molecule has 92 valence electrons. The third kappa shape index (κ3) is 2.23. The summed E-state index contributed by atoms with van der Waals surface area (Å²) in [5.41, 5.74) is 1.54. The lowest BCUT2D eigenvalue weighted by atomic mass is 10.2. The summed E-state index contributed by atoms with van der Waals surface area (Å²) in [6, 6.07) is 6.71. The summed E-state index contributed by atoms with van der Waals surface area (Å²) in [5, 5.41) is 0. The number of aldehydes is 1. The maximum atomic E-state index is 10.6. The minimum Gasteiger partial charge on any atom is -0.437 e. The predicted octanol–water partition coefficient (Wildman–Crippen LogP) is 2.02. The fraction of sp³-hybridized carbons (Fsp3) is 0. The number of carbonyl (C=O) groups is 1. The van der Waals surface area contributed by atoms with Crippen molar-refractivity contribution >= 4 is 17.5 Å². The minimum absolute atomic E-state index is 0.331. The molecule has 6 nitrogen and oxygen atoms in total. The van der Waals surface area contributed by atoms with Crippen LogP contribution < -0.4 is 4.74 Å². The van der Waals surface area contributed by atoms with Gasteiger partial charge in [-0.15, -0.1) is 0 Å². The molecule has 3 rings (SSSR count). The molecule has 6 heteroatoms. The van der Waals surface area contributed by atoms with Crippen LogP contribution in [0, 0.1) is 0 Å². The molecule has 0 fully saturated rings. The number of fused-ring (bicyclic) bond motifs is 1. The summed E-state index contributed by atoms with van der Waals surface area (Å²) in [7, 11) is 0. The van der Waals surface area contributed by atoms with E-state index in [9.17, 15) is 4.79 Å². The standard InChI is InChI=1S/C13H8N4O2/c18-7-9-1-3-10(4-2-9)19-13-11-12(16-8-17-13)15-6-5-14-11/h1-8H. The molecule has 3 aromatic rings. The van der Waals surface area contributed by atoms with Gasteiger partial charge in [-0.05, 0) is 24.3 Å². The molecule has 19 heavy (non-hydrogen) atoms. The Morgan fingerprint density at radius 1 is 0.947 bits per heavy atom. The van der Waals surface area contributed by atoms with Crippen molar-refractivity contribution in [1.82, 2.24) is 19.9 Å². The fourth-order valence-corrected chi connectivity index (χ4v) is 1.57. The summed E-state index contributed by atoms with van der Waals surface area (Å²) in [6.07, 6.45) is 5.24. The molecule has 0 radical (unpaired) electrons. The van der Waals surface area contributed by atoms with Crippen molar-refractivity contribution in [2.45, 2.75) is 0 Å². The zero-order valence-electron chi connectivity index (χ0n) is 9.72. The van der Waals surface area contributed by atoms with Crippen molar-refractivity contribution in [3.05, 3.63) is 48.5 Å². The average Bonchev–Trinajstić information content (AvgIpc) is 2.48. The highest BCUT2D eigenvalue weighted by atomic mass is 16.5. The van der Waals surface area contributed by atoms with Crippen molar-refractivity contribution in [3.63, 3.8) is 0 Å². The second kappa shape index (κ2) is 4.77. The molecule has 0 saturated carbocycles. The van der Waals surface area contributed by atoms with Gasteiger partial charge in [0, 0.05) is 18.0 Å². The zero-order valence-corrected chi connectivity index (χ0v) is 9.72. The van der Waals surface area contributed by atoms with Gasteiger partial charge in [-0.3, -0.25) is 4.79 Å². The van der Waals surface area contributed by atoms with Crippen molar-refractivity contribution in [1.29, 1.82) is 0 Å². The van der Waals surface area contributed by atoms with Crippen LogP contribution in [-0.4, -0.2) is 26.2 Å². The molecule has 2 aromatic heterocycles. The SMILES string of the molecule is O=Cc1ccc(Oc2ncnc3nccnc23)cc1. The lowest BCUT2D eigenvalue weighted by molar-refractivity contribution is 0.112. The van der Waals surface area contributed by atoms with E-state index in [1.54, 1.807) is 36.7 Å². The Balaban J connectivity index is 1.98. The lowest BCUT2D eigenvalue weighted by Gasteiger charge is -2.05. The Bertz CT molecular complexity index is 723. The van der Waals surface area contributed by atoms with Gasteiger partial charge in [0.2, 0.25) is 0 Å². The van der Waals surface area contributed by atoms with E-state index in [2.05, 4.69) is 19.9 Å². The van der Waals surface area contributed by atoms with Gasteiger partial charge in [0.1, 0.15) is 18.4 Å². The number of aromatic nitrogens is 4. The van der Waals surface area contributed by atoms with E-state index in [1.807, 2.05) is 0 Å². The van der Waals surface area contributed by atoms with Crippen LogP contribution in [0.2, 0.25) is 0 Å². The molecular formula is C13H8N4O2. The van der Waals surface area contributed by atoms with Gasteiger partial charge >= 0.3 is 0 Å². The Morgan fingerprint density at radius 2 is 1.74 bits per heavy atom. The van der Waals surface area contributed by atoms with E-state index < -0.39 is 0 Å². The molecule has 2 heterocycles. The second-order valence-electron chi connectivity index (χ2n) is 3.70. The highest BCUT2D eigenvalue weighted by Crippen LogP contribution is 2.23. The van der Waals surface area contributed by atoms with Crippen LogP contribution in [0.5, 0.6) is 11.6 Å². The maximum absolute atomic E-state index is 10.6. The summed E-state index contributed by atoms with van der Waals surface area (Å²) in [6.45, 7) is 0. The molecule has 0 atom stereocenters. The van der Waals surface area contributed by atoms with Crippen molar-refractivity contribution in [2.75, 3.05) is 0 Å². The molecule has 0 N–H and O–H groups in total. The summed E-state index contributed by atoms with van der Waals surface area (Å²) in [5.74, 6) is 0.896. The average molecular weight is 252 g/mol. The van der Waals surface area contributed by atoms with Gasteiger partial charge in [0.05, 0.1) is 0 Å². The fourth-order valence-electron chi connectivity index (χ4n) is 1.57. The van der Waals surface area contributed by atoms with E-state index in [0.717, 1.165) is 6.29 Å². The molecule has 0 unspecified atom stereocenters. The third-order valence-corrected chi connectivity index (χ3v) is 2.47. The maximum Gasteiger partial charge on any atom is 0.250 e. The summed E-state index contributed by atoms with van der Waals surface area (Å²) < 4.78 is 5.62. The molecule has 0 aliphatic heterocycles. The highest BCUT2D eigenvalue weighted by Gasteiger charge is 2.07. The second-order valence-corrected chi connectivity index (χ2v) is 3.70. The number of hydrogen-bond donors (Lipinski definition) is 0. The van der Waals surface area contributed by atoms with Gasteiger partial charge in [0.25, 0.3) is 5.88 Å². The van der Waals surface area contributed by atoms with Gasteiger partial charge < -0.3 is 4.74 Å². The number of nitrogens with zero attached hydrogens (tertiary/aromatic N) is 4. The number of rotatable bonds is 3. The van der Waals surface area contributed by atoms with Crippen LogP contribution >= 0.6 is 0 Å². The Morgan fingerprint density at radius 3 is 2.53 bits per heavy atom. The van der Waals surface area contributed by atoms with Gasteiger partial charge in [-0.25, -0.2) is 15.0 Å². The van der Waals surface area contributed by atoms with Crippen LogP contribution in [-0.2, 0) is 0 Å². The minimum atomic E-state index is 0.331. The van der Waals surface area contributed by atoms with Crippen molar-refractivity contribution in [2.24, 2.45) is 0 Å². The van der Waals surface area contributed by atoms with Crippen molar-refractivity contribution < 1.29 is 9.53 Å². The first-order chi connectivity index (χ1) is 9.36. The highest BCUT2D eigenvalue weighted by molar-refractivity contribution is 5.76. The number of ether oxygens (including phenoxy) is 1. The zero-order chi connectivity index (χ0) is 13.1. The van der Waals surface area contributed by atoms with E-state index in [4.69, 9.17) is 4.74 Å². The molecular weight excluding hydrogens is 244 g/mol. The normalized spacial score (nSPS) is 10.3. The molecule has 0 aliphatic carbocycles. The van der Waals surface area contributed by atoms with Crippen LogP contribution in [0.4, 0.5) is 0 Å².